The fourth-order valence-electron chi connectivity index (χ4n) is 4.23. The molecule has 1 saturated heterocycles. The molecule has 2 aliphatic heterocycles. The molecular formula is C25H29N3O3. The highest BCUT2D eigenvalue weighted by atomic mass is 16.3. The lowest BCUT2D eigenvalue weighted by molar-refractivity contribution is -0.120. The zero-order chi connectivity index (χ0) is 22.1. The van der Waals surface area contributed by atoms with Crippen molar-refractivity contribution < 1.29 is 14.7 Å². The smallest absolute Gasteiger partial charge is 0.282 e. The minimum absolute atomic E-state index is 0.120. The molecule has 0 spiro atoms. The van der Waals surface area contributed by atoms with Crippen LogP contribution in [-0.2, 0) is 9.59 Å². The van der Waals surface area contributed by atoms with Crippen molar-refractivity contribution in [2.45, 2.75) is 20.8 Å². The Morgan fingerprint density at radius 2 is 1.52 bits per heavy atom. The van der Waals surface area contributed by atoms with Crippen molar-refractivity contribution in [1.29, 1.82) is 0 Å². The number of piperazine rings is 1. The number of aliphatic hydroxyl groups is 1. The van der Waals surface area contributed by atoms with E-state index in [9.17, 15) is 14.7 Å². The Kier molecular flexibility index (Phi) is 5.94. The number of imide groups is 1. The van der Waals surface area contributed by atoms with Crippen molar-refractivity contribution in [3.8, 4) is 0 Å². The number of hydrogen-bond acceptors (Lipinski definition) is 5. The zero-order valence-electron chi connectivity index (χ0n) is 18.4. The molecule has 6 heteroatoms. The van der Waals surface area contributed by atoms with Gasteiger partial charge in [-0.1, -0.05) is 35.9 Å². The molecule has 2 aliphatic rings. The van der Waals surface area contributed by atoms with E-state index in [1.807, 2.05) is 68.1 Å². The van der Waals surface area contributed by atoms with Crippen LogP contribution in [0.15, 0.2) is 48.2 Å². The van der Waals surface area contributed by atoms with Crippen LogP contribution in [0.25, 0.3) is 5.57 Å². The number of hydrogen-bond donors (Lipinski definition) is 1. The molecule has 6 nitrogen and oxygen atoms in total. The molecular weight excluding hydrogens is 390 g/mol. The fraction of sp³-hybridized carbons (Fsp3) is 0.360. The van der Waals surface area contributed by atoms with Gasteiger partial charge >= 0.3 is 0 Å². The molecule has 0 aromatic heterocycles. The van der Waals surface area contributed by atoms with Gasteiger partial charge in [0.2, 0.25) is 0 Å². The number of amides is 2. The summed E-state index contributed by atoms with van der Waals surface area (Å²) in [5, 5.41) is 9.22. The van der Waals surface area contributed by atoms with Gasteiger partial charge in [-0.25, -0.2) is 4.90 Å². The maximum atomic E-state index is 13.6. The third-order valence-corrected chi connectivity index (χ3v) is 6.25. The summed E-state index contributed by atoms with van der Waals surface area (Å²) in [6.45, 7) is 9.56. The maximum absolute atomic E-state index is 13.6. The lowest BCUT2D eigenvalue weighted by Crippen LogP contribution is -2.48. The van der Waals surface area contributed by atoms with Gasteiger partial charge in [-0.2, -0.15) is 0 Å². The summed E-state index contributed by atoms with van der Waals surface area (Å²) in [5.74, 6) is -0.539. The first-order valence-electron chi connectivity index (χ1n) is 10.8. The summed E-state index contributed by atoms with van der Waals surface area (Å²) in [7, 11) is 0. The molecule has 0 saturated carbocycles. The van der Waals surface area contributed by atoms with Crippen LogP contribution in [0, 0.1) is 20.8 Å². The standard InChI is InChI=1S/C25H29N3O3/c1-17-4-8-21(9-5-17)28-24(30)22(20-7-6-18(2)19(3)16-20)23(25(28)31)27-12-10-26(11-13-27)14-15-29/h4-9,16,29H,10-15H2,1-3H3. The molecule has 1 N–H and O–H groups in total. The zero-order valence-corrected chi connectivity index (χ0v) is 18.4. The Balaban J connectivity index is 1.76. The molecule has 0 bridgehead atoms. The molecule has 0 aliphatic carbocycles. The molecule has 31 heavy (non-hydrogen) atoms. The van der Waals surface area contributed by atoms with Gasteiger partial charge in [-0.05, 0) is 49.6 Å². The van der Waals surface area contributed by atoms with E-state index in [1.165, 1.54) is 4.90 Å². The first-order valence-corrected chi connectivity index (χ1v) is 10.8. The minimum atomic E-state index is -0.273. The summed E-state index contributed by atoms with van der Waals surface area (Å²) in [6, 6.07) is 13.4. The summed E-state index contributed by atoms with van der Waals surface area (Å²) in [4.78, 5) is 32.7. The van der Waals surface area contributed by atoms with E-state index < -0.39 is 0 Å². The second-order valence-electron chi connectivity index (χ2n) is 8.36. The molecule has 2 heterocycles. The molecule has 162 valence electrons. The van der Waals surface area contributed by atoms with Crippen molar-refractivity contribution in [3.63, 3.8) is 0 Å². The summed E-state index contributed by atoms with van der Waals surface area (Å²) in [5.41, 5.74) is 5.65. The van der Waals surface area contributed by atoms with Gasteiger partial charge < -0.3 is 10.0 Å². The van der Waals surface area contributed by atoms with Gasteiger partial charge in [-0.3, -0.25) is 14.5 Å². The molecule has 2 amide bonds. The molecule has 2 aromatic carbocycles. The van der Waals surface area contributed by atoms with Crippen LogP contribution < -0.4 is 4.90 Å². The van der Waals surface area contributed by atoms with Crippen LogP contribution in [0.5, 0.6) is 0 Å². The second-order valence-corrected chi connectivity index (χ2v) is 8.36. The first-order chi connectivity index (χ1) is 14.9. The van der Waals surface area contributed by atoms with Crippen molar-refractivity contribution in [3.05, 3.63) is 70.4 Å². The molecule has 0 radical (unpaired) electrons. The normalized spacial score (nSPS) is 17.8. The van der Waals surface area contributed by atoms with Gasteiger partial charge in [0.05, 0.1) is 17.9 Å². The van der Waals surface area contributed by atoms with Crippen molar-refractivity contribution in [2.75, 3.05) is 44.2 Å². The number of rotatable bonds is 5. The summed E-state index contributed by atoms with van der Waals surface area (Å²) < 4.78 is 0. The van der Waals surface area contributed by atoms with Crippen LogP contribution in [0.1, 0.15) is 22.3 Å². The summed E-state index contributed by atoms with van der Waals surface area (Å²) >= 11 is 0. The van der Waals surface area contributed by atoms with Crippen LogP contribution >= 0.6 is 0 Å². The number of β-amino-alcohol motifs (C(OH)–C–C–N with tert-alkyl or cyclic N) is 1. The van der Waals surface area contributed by atoms with E-state index in [0.717, 1.165) is 35.3 Å². The quantitative estimate of drug-likeness (QED) is 0.755. The second kappa shape index (κ2) is 8.65. The minimum Gasteiger partial charge on any atom is -0.395 e. The Hall–Kier alpha value is -2.96. The molecule has 0 unspecified atom stereocenters. The average Bonchev–Trinajstić information content (AvgIpc) is 3.02. The number of aliphatic hydroxyl groups excluding tert-OH is 1. The number of carbonyl (C=O) groups excluding carboxylic acids is 2. The Labute approximate surface area is 183 Å². The van der Waals surface area contributed by atoms with Gasteiger partial charge in [0.15, 0.2) is 0 Å². The number of benzene rings is 2. The van der Waals surface area contributed by atoms with Crippen LogP contribution in [0.3, 0.4) is 0 Å². The summed E-state index contributed by atoms with van der Waals surface area (Å²) in [6.07, 6.45) is 0. The highest BCUT2D eigenvalue weighted by Crippen LogP contribution is 2.35. The van der Waals surface area contributed by atoms with Crippen LogP contribution in [0.2, 0.25) is 0 Å². The van der Waals surface area contributed by atoms with E-state index in [4.69, 9.17) is 0 Å². The van der Waals surface area contributed by atoms with E-state index >= 15 is 0 Å². The predicted molar refractivity (Wildman–Crippen MR) is 122 cm³/mol. The van der Waals surface area contributed by atoms with Gasteiger partial charge in [0.1, 0.15) is 5.70 Å². The highest BCUT2D eigenvalue weighted by Gasteiger charge is 2.43. The van der Waals surface area contributed by atoms with Crippen molar-refractivity contribution in [1.82, 2.24) is 9.80 Å². The third kappa shape index (κ3) is 4.01. The van der Waals surface area contributed by atoms with E-state index in [0.29, 0.717) is 36.6 Å². The molecule has 1 fully saturated rings. The maximum Gasteiger partial charge on any atom is 0.282 e. The Morgan fingerprint density at radius 1 is 0.839 bits per heavy atom. The van der Waals surface area contributed by atoms with Crippen LogP contribution in [0.4, 0.5) is 5.69 Å². The lowest BCUT2D eigenvalue weighted by Gasteiger charge is -2.36. The van der Waals surface area contributed by atoms with Crippen LogP contribution in [-0.4, -0.2) is 66.1 Å². The molecule has 0 atom stereocenters. The van der Waals surface area contributed by atoms with Gasteiger partial charge in [-0.15, -0.1) is 0 Å². The topological polar surface area (TPSA) is 64.1 Å². The Morgan fingerprint density at radius 3 is 2.13 bits per heavy atom. The lowest BCUT2D eigenvalue weighted by atomic mass is 9.99. The fourth-order valence-corrected chi connectivity index (χ4v) is 4.23. The number of anilines is 1. The average molecular weight is 420 g/mol. The molecule has 2 aromatic rings. The number of carbonyl (C=O) groups is 2. The van der Waals surface area contributed by atoms with Gasteiger partial charge in [0.25, 0.3) is 11.8 Å². The highest BCUT2D eigenvalue weighted by molar-refractivity contribution is 6.45. The predicted octanol–water partition coefficient (Wildman–Crippen LogP) is 2.51. The van der Waals surface area contributed by atoms with E-state index in [1.54, 1.807) is 0 Å². The van der Waals surface area contributed by atoms with Crippen molar-refractivity contribution in [2.24, 2.45) is 0 Å². The number of aryl methyl sites for hydroxylation is 3. The van der Waals surface area contributed by atoms with E-state index in [-0.39, 0.29) is 18.4 Å². The number of nitrogens with zero attached hydrogens (tertiary/aromatic N) is 3. The SMILES string of the molecule is Cc1ccc(N2C(=O)C(c3ccc(C)c(C)c3)=C(N3CCN(CCO)CC3)C2=O)cc1. The monoisotopic (exact) mass is 419 g/mol. The molecule has 4 rings (SSSR count). The van der Waals surface area contributed by atoms with Crippen molar-refractivity contribution >= 4 is 23.1 Å². The largest absolute Gasteiger partial charge is 0.395 e. The Bertz CT molecular complexity index is 1030. The first kappa shape index (κ1) is 21.3. The third-order valence-electron chi connectivity index (χ3n) is 6.25. The van der Waals surface area contributed by atoms with E-state index in [2.05, 4.69) is 4.90 Å². The van der Waals surface area contributed by atoms with Gasteiger partial charge in [0, 0.05) is 32.7 Å².